The summed E-state index contributed by atoms with van der Waals surface area (Å²) in [5.41, 5.74) is 0. The smallest absolute Gasteiger partial charge is 0.220 e. The Bertz CT molecular complexity index is 665. The van der Waals surface area contributed by atoms with Gasteiger partial charge in [-0.25, -0.2) is 0 Å². The third kappa shape index (κ3) is 31.2. The lowest BCUT2D eigenvalue weighted by molar-refractivity contribution is -0.124. The summed E-state index contributed by atoms with van der Waals surface area (Å²) in [7, 11) is 0. The lowest BCUT2D eigenvalue weighted by Crippen LogP contribution is -2.50. The first-order chi connectivity index (χ1) is 22.1. The number of aliphatic hydroxyl groups is 3. The zero-order chi connectivity index (χ0) is 33.1. The lowest BCUT2D eigenvalue weighted by Gasteiger charge is -2.26. The van der Waals surface area contributed by atoms with E-state index >= 15 is 0 Å². The third-order valence-corrected chi connectivity index (χ3v) is 9.03. The molecule has 0 aliphatic carbocycles. The minimum absolute atomic E-state index is 0.163. The van der Waals surface area contributed by atoms with E-state index in [1.54, 1.807) is 0 Å². The van der Waals surface area contributed by atoms with Gasteiger partial charge in [0.1, 0.15) is 6.10 Å². The van der Waals surface area contributed by atoms with Gasteiger partial charge in [-0.15, -0.1) is 0 Å². The molecule has 266 valence electrons. The van der Waals surface area contributed by atoms with E-state index in [2.05, 4.69) is 43.5 Å². The molecule has 3 unspecified atom stereocenters. The van der Waals surface area contributed by atoms with Crippen LogP contribution in [0.5, 0.6) is 0 Å². The van der Waals surface area contributed by atoms with Crippen molar-refractivity contribution < 1.29 is 20.1 Å². The Kier molecular flexibility index (Phi) is 34.8. The van der Waals surface area contributed by atoms with Gasteiger partial charge >= 0.3 is 0 Å². The molecule has 3 atom stereocenters. The molecule has 0 fully saturated rings. The highest BCUT2D eigenvalue weighted by molar-refractivity contribution is 5.76. The maximum absolute atomic E-state index is 12.4. The van der Waals surface area contributed by atoms with Crippen LogP contribution in [0.2, 0.25) is 0 Å². The number of rotatable bonds is 35. The molecule has 45 heavy (non-hydrogen) atoms. The fraction of sp³-hybridized carbons (Fsp3) is 0.875. The van der Waals surface area contributed by atoms with Gasteiger partial charge in [-0.05, 0) is 64.2 Å². The van der Waals surface area contributed by atoms with Gasteiger partial charge in [0.25, 0.3) is 0 Å². The largest absolute Gasteiger partial charge is 0.394 e. The second-order valence-corrected chi connectivity index (χ2v) is 13.5. The normalized spacial score (nSPS) is 14.0. The summed E-state index contributed by atoms with van der Waals surface area (Å²) in [5, 5.41) is 33.4. The van der Waals surface area contributed by atoms with E-state index < -0.39 is 18.2 Å². The van der Waals surface area contributed by atoms with Gasteiger partial charge in [-0.3, -0.25) is 4.79 Å². The number of allylic oxidation sites excluding steroid dienone is 4. The monoisotopic (exact) mass is 636 g/mol. The van der Waals surface area contributed by atoms with Gasteiger partial charge in [0.05, 0.1) is 18.8 Å². The van der Waals surface area contributed by atoms with Crippen LogP contribution in [0.3, 0.4) is 0 Å². The second-order valence-electron chi connectivity index (χ2n) is 13.5. The quantitative estimate of drug-likeness (QED) is 0.0412. The zero-order valence-electron chi connectivity index (χ0n) is 30.0. The number of amides is 1. The minimum atomic E-state index is -1.16. The Morgan fingerprint density at radius 1 is 0.533 bits per heavy atom. The molecule has 0 rings (SSSR count). The van der Waals surface area contributed by atoms with Crippen LogP contribution in [0.1, 0.15) is 200 Å². The Balaban J connectivity index is 3.73. The van der Waals surface area contributed by atoms with Crippen LogP contribution in [0.25, 0.3) is 0 Å². The first kappa shape index (κ1) is 43.8. The van der Waals surface area contributed by atoms with Crippen LogP contribution in [0.15, 0.2) is 24.3 Å². The summed E-state index contributed by atoms with van der Waals surface area (Å²) >= 11 is 0. The van der Waals surface area contributed by atoms with Crippen molar-refractivity contribution in [2.24, 2.45) is 0 Å². The summed E-state index contributed by atoms with van der Waals surface area (Å²) in [4.78, 5) is 12.4. The van der Waals surface area contributed by atoms with Crippen LogP contribution in [-0.4, -0.2) is 46.1 Å². The molecule has 0 bridgehead atoms. The predicted octanol–water partition coefficient (Wildman–Crippen LogP) is 10.7. The fourth-order valence-corrected chi connectivity index (χ4v) is 5.92. The average Bonchev–Trinajstić information content (AvgIpc) is 3.04. The molecule has 0 heterocycles. The Labute approximate surface area is 280 Å². The first-order valence-corrected chi connectivity index (χ1v) is 19.6. The summed E-state index contributed by atoms with van der Waals surface area (Å²) < 4.78 is 0. The second kappa shape index (κ2) is 35.7. The number of aliphatic hydroxyl groups excluding tert-OH is 3. The number of hydrogen-bond acceptors (Lipinski definition) is 4. The van der Waals surface area contributed by atoms with E-state index in [0.29, 0.717) is 12.8 Å². The molecule has 0 radical (unpaired) electrons. The van der Waals surface area contributed by atoms with Crippen LogP contribution in [0.4, 0.5) is 0 Å². The third-order valence-electron chi connectivity index (χ3n) is 9.03. The molecule has 0 saturated heterocycles. The zero-order valence-corrected chi connectivity index (χ0v) is 30.0. The Hall–Kier alpha value is -1.17. The van der Waals surface area contributed by atoms with Crippen LogP contribution >= 0.6 is 0 Å². The van der Waals surface area contributed by atoms with E-state index in [0.717, 1.165) is 44.9 Å². The molecule has 0 aliphatic heterocycles. The molecule has 5 heteroatoms. The Morgan fingerprint density at radius 2 is 0.889 bits per heavy atom. The van der Waals surface area contributed by atoms with Gasteiger partial charge < -0.3 is 20.6 Å². The van der Waals surface area contributed by atoms with E-state index in [1.807, 2.05) is 0 Å². The summed E-state index contributed by atoms with van der Waals surface area (Å²) in [6.45, 7) is 4.15. The van der Waals surface area contributed by atoms with Crippen LogP contribution < -0.4 is 5.32 Å². The molecule has 5 nitrogen and oxygen atoms in total. The number of carbonyl (C=O) groups is 1. The van der Waals surface area contributed by atoms with Crippen molar-refractivity contribution in [3.05, 3.63) is 24.3 Å². The molecular weight excluding hydrogens is 558 g/mol. The SMILES string of the molecule is CCCCCCCCC/C=C\CCCCCCCC(=O)NC(CO)C(O)C(O)CCC/C=C/CCCCCCCCCCCC. The maximum atomic E-state index is 12.4. The molecule has 0 aromatic rings. The lowest BCUT2D eigenvalue weighted by atomic mass is 10.0. The van der Waals surface area contributed by atoms with Crippen molar-refractivity contribution in [3.8, 4) is 0 Å². The highest BCUT2D eigenvalue weighted by atomic mass is 16.3. The molecule has 0 saturated carbocycles. The first-order valence-electron chi connectivity index (χ1n) is 19.6. The minimum Gasteiger partial charge on any atom is -0.394 e. The molecule has 1 amide bonds. The standard InChI is InChI=1S/C40H77NO4/c1-3-5-7-9-11-13-15-17-19-21-23-25-27-29-31-33-35-39(44)41-37(36-42)40(45)38(43)34-32-30-28-26-24-22-20-18-16-14-12-10-8-6-4-2/h19,21,26,28,37-38,40,42-43,45H,3-18,20,22-25,27,29-36H2,1-2H3,(H,41,44)/b21-19-,28-26+. The van der Waals surface area contributed by atoms with E-state index in [1.165, 1.54) is 128 Å². The van der Waals surface area contributed by atoms with Gasteiger partial charge in [-0.1, -0.05) is 154 Å². The average molecular weight is 636 g/mol. The van der Waals surface area contributed by atoms with Gasteiger partial charge in [0, 0.05) is 6.42 Å². The van der Waals surface area contributed by atoms with Crippen molar-refractivity contribution in [2.75, 3.05) is 6.61 Å². The number of unbranched alkanes of at least 4 members (excludes halogenated alkanes) is 23. The number of nitrogens with one attached hydrogen (secondary N) is 1. The molecule has 0 aliphatic rings. The summed E-state index contributed by atoms with van der Waals surface area (Å²) in [6, 6.07) is -0.827. The molecule has 4 N–H and O–H groups in total. The van der Waals surface area contributed by atoms with Gasteiger partial charge in [0.2, 0.25) is 5.91 Å². The van der Waals surface area contributed by atoms with Crippen LogP contribution in [0, 0.1) is 0 Å². The van der Waals surface area contributed by atoms with Crippen molar-refractivity contribution in [1.29, 1.82) is 0 Å². The van der Waals surface area contributed by atoms with E-state index in [-0.39, 0.29) is 12.5 Å². The molecule has 0 aromatic carbocycles. The van der Waals surface area contributed by atoms with Crippen LogP contribution in [-0.2, 0) is 4.79 Å². The topological polar surface area (TPSA) is 89.8 Å². The molecule has 0 spiro atoms. The van der Waals surface area contributed by atoms with Gasteiger partial charge in [-0.2, -0.15) is 0 Å². The van der Waals surface area contributed by atoms with Crippen molar-refractivity contribution in [1.82, 2.24) is 5.32 Å². The molecular formula is C40H77NO4. The number of hydrogen-bond donors (Lipinski definition) is 4. The predicted molar refractivity (Wildman–Crippen MR) is 195 cm³/mol. The highest BCUT2D eigenvalue weighted by Crippen LogP contribution is 2.14. The van der Waals surface area contributed by atoms with Gasteiger partial charge in [0.15, 0.2) is 0 Å². The van der Waals surface area contributed by atoms with Crippen molar-refractivity contribution in [2.45, 2.75) is 218 Å². The van der Waals surface area contributed by atoms with Crippen molar-refractivity contribution in [3.63, 3.8) is 0 Å². The van der Waals surface area contributed by atoms with E-state index in [4.69, 9.17) is 0 Å². The Morgan fingerprint density at radius 3 is 1.29 bits per heavy atom. The fourth-order valence-electron chi connectivity index (χ4n) is 5.92. The van der Waals surface area contributed by atoms with Crippen molar-refractivity contribution >= 4 is 5.91 Å². The number of carbonyl (C=O) groups excluding carboxylic acids is 1. The summed E-state index contributed by atoms with van der Waals surface area (Å²) in [5.74, 6) is -0.163. The maximum Gasteiger partial charge on any atom is 0.220 e. The summed E-state index contributed by atoms with van der Waals surface area (Å²) in [6.07, 6.45) is 41.3. The highest BCUT2D eigenvalue weighted by Gasteiger charge is 2.26. The molecule has 0 aromatic heterocycles. The van der Waals surface area contributed by atoms with E-state index in [9.17, 15) is 20.1 Å².